The summed E-state index contributed by atoms with van der Waals surface area (Å²) in [7, 11) is 4.92. The number of nitrogens with one attached hydrogen (secondary N) is 2. The van der Waals surface area contributed by atoms with Crippen molar-refractivity contribution in [2.45, 2.75) is 20.4 Å². The summed E-state index contributed by atoms with van der Waals surface area (Å²) in [4.78, 5) is 51.5. The van der Waals surface area contributed by atoms with Gasteiger partial charge in [-0.1, -0.05) is 6.07 Å². The molecule has 0 spiro atoms. The van der Waals surface area contributed by atoms with E-state index in [4.69, 9.17) is 0 Å². The van der Waals surface area contributed by atoms with Crippen molar-refractivity contribution >= 4 is 21.8 Å². The molecule has 0 radical (unpaired) electrons. The van der Waals surface area contributed by atoms with Gasteiger partial charge >= 0.3 is 0 Å². The molecule has 0 amide bonds. The predicted octanol–water partition coefficient (Wildman–Crippen LogP) is 0.654. The summed E-state index contributed by atoms with van der Waals surface area (Å²) in [6, 6.07) is 8.43. The van der Waals surface area contributed by atoms with Gasteiger partial charge in [-0.3, -0.25) is 43.7 Å². The molecule has 0 aromatic carbocycles. The smallest absolute Gasteiger partial charge is 0.275 e. The van der Waals surface area contributed by atoms with Crippen LogP contribution >= 0.6 is 0 Å². The SMILES string of the molecule is Cc1c2c(=O)n(C)[nH]c2cc(=O)n1C.Cc1c2c(=O)n(C)[nH]c2cc(=O)n1Cc1ccccn1. The van der Waals surface area contributed by atoms with E-state index in [1.807, 2.05) is 18.2 Å². The maximum Gasteiger partial charge on any atom is 0.275 e. The number of nitrogens with zero attached hydrogens (tertiary/aromatic N) is 5. The van der Waals surface area contributed by atoms with Crippen LogP contribution in [0.1, 0.15) is 17.1 Å². The Morgan fingerprint density at radius 3 is 1.91 bits per heavy atom. The molecule has 0 atom stereocenters. The van der Waals surface area contributed by atoms with Gasteiger partial charge in [0.15, 0.2) is 0 Å². The Morgan fingerprint density at radius 2 is 1.35 bits per heavy atom. The Bertz CT molecular complexity index is 1760. The third-order valence-corrected chi connectivity index (χ3v) is 5.96. The number of hydrogen-bond acceptors (Lipinski definition) is 5. The highest BCUT2D eigenvalue weighted by atomic mass is 16.1. The molecular weight excluding hydrogens is 438 g/mol. The third kappa shape index (κ3) is 3.81. The Morgan fingerprint density at radius 1 is 0.794 bits per heavy atom. The van der Waals surface area contributed by atoms with Gasteiger partial charge < -0.3 is 9.13 Å². The van der Waals surface area contributed by atoms with Crippen molar-refractivity contribution in [3.05, 3.63) is 95.0 Å². The van der Waals surface area contributed by atoms with E-state index >= 15 is 0 Å². The quantitative estimate of drug-likeness (QED) is 0.397. The van der Waals surface area contributed by atoms with E-state index in [-0.39, 0.29) is 22.2 Å². The van der Waals surface area contributed by atoms with Crippen molar-refractivity contribution in [2.75, 3.05) is 0 Å². The number of fused-ring (bicyclic) bond motifs is 2. The molecule has 5 aromatic rings. The van der Waals surface area contributed by atoms with E-state index in [9.17, 15) is 19.2 Å². The normalized spacial score (nSPS) is 11.1. The zero-order chi connectivity index (χ0) is 24.7. The second-order valence-electron chi connectivity index (χ2n) is 8.13. The second kappa shape index (κ2) is 8.50. The average molecular weight is 463 g/mol. The predicted molar refractivity (Wildman–Crippen MR) is 129 cm³/mol. The summed E-state index contributed by atoms with van der Waals surface area (Å²) < 4.78 is 5.79. The lowest BCUT2D eigenvalue weighted by Gasteiger charge is -2.09. The van der Waals surface area contributed by atoms with Gasteiger partial charge in [0.25, 0.3) is 22.2 Å². The molecule has 34 heavy (non-hydrogen) atoms. The number of rotatable bonds is 2. The number of aryl methyl sites for hydroxylation is 4. The fraction of sp³-hybridized carbons (Fsp3) is 0.261. The molecule has 11 heteroatoms. The van der Waals surface area contributed by atoms with Crippen LogP contribution < -0.4 is 22.2 Å². The zero-order valence-corrected chi connectivity index (χ0v) is 19.5. The van der Waals surface area contributed by atoms with Crippen molar-refractivity contribution in [3.63, 3.8) is 0 Å². The highest BCUT2D eigenvalue weighted by molar-refractivity contribution is 5.80. The lowest BCUT2D eigenvalue weighted by molar-refractivity contribution is 0.720. The highest BCUT2D eigenvalue weighted by Gasteiger charge is 2.13. The summed E-state index contributed by atoms with van der Waals surface area (Å²) in [5.74, 6) is 0. The fourth-order valence-electron chi connectivity index (χ4n) is 3.95. The van der Waals surface area contributed by atoms with Crippen molar-refractivity contribution in [3.8, 4) is 0 Å². The molecule has 0 saturated heterocycles. The van der Waals surface area contributed by atoms with Crippen LogP contribution in [0.25, 0.3) is 21.8 Å². The van der Waals surface area contributed by atoms with Crippen LogP contribution in [0.15, 0.2) is 55.7 Å². The molecule has 0 saturated carbocycles. The van der Waals surface area contributed by atoms with Gasteiger partial charge in [-0.05, 0) is 26.0 Å². The monoisotopic (exact) mass is 463 g/mol. The van der Waals surface area contributed by atoms with E-state index in [1.165, 1.54) is 26.1 Å². The van der Waals surface area contributed by atoms with Crippen LogP contribution in [0.4, 0.5) is 0 Å². The second-order valence-corrected chi connectivity index (χ2v) is 8.13. The molecule has 0 bridgehead atoms. The molecule has 0 aliphatic heterocycles. The van der Waals surface area contributed by atoms with Gasteiger partial charge in [0, 0.05) is 50.9 Å². The van der Waals surface area contributed by atoms with Crippen LogP contribution in [0.2, 0.25) is 0 Å². The average Bonchev–Trinajstić information content (AvgIpc) is 3.24. The molecule has 0 fully saturated rings. The summed E-state index contributed by atoms with van der Waals surface area (Å²) in [5, 5.41) is 6.82. The van der Waals surface area contributed by atoms with E-state index in [0.717, 1.165) is 5.69 Å². The minimum Gasteiger partial charge on any atom is -0.315 e. The molecule has 5 heterocycles. The van der Waals surface area contributed by atoms with Crippen LogP contribution in [0, 0.1) is 13.8 Å². The van der Waals surface area contributed by atoms with E-state index in [0.29, 0.717) is 39.7 Å². The summed E-state index contributed by atoms with van der Waals surface area (Å²) in [6.45, 7) is 3.90. The Balaban J connectivity index is 0.000000172. The molecule has 0 aliphatic rings. The first-order valence-corrected chi connectivity index (χ1v) is 10.5. The van der Waals surface area contributed by atoms with E-state index < -0.39 is 0 Å². The van der Waals surface area contributed by atoms with Crippen LogP contribution in [0.5, 0.6) is 0 Å². The van der Waals surface area contributed by atoms with Crippen LogP contribution in [-0.2, 0) is 27.7 Å². The molecule has 11 nitrogen and oxygen atoms in total. The fourth-order valence-corrected chi connectivity index (χ4v) is 3.95. The third-order valence-electron chi connectivity index (χ3n) is 5.96. The number of hydrogen-bond donors (Lipinski definition) is 2. The highest BCUT2D eigenvalue weighted by Crippen LogP contribution is 2.11. The molecule has 0 aliphatic carbocycles. The number of aromatic amines is 2. The lowest BCUT2D eigenvalue weighted by atomic mass is 10.2. The number of H-pyrrole nitrogens is 2. The Kier molecular flexibility index (Phi) is 5.70. The minimum absolute atomic E-state index is 0.104. The first-order chi connectivity index (χ1) is 16.1. The van der Waals surface area contributed by atoms with E-state index in [2.05, 4.69) is 15.2 Å². The van der Waals surface area contributed by atoms with E-state index in [1.54, 1.807) is 45.8 Å². The van der Waals surface area contributed by atoms with Gasteiger partial charge in [0.05, 0.1) is 34.0 Å². The Labute approximate surface area is 192 Å². The standard InChI is InChI=1S/C14H14N4O2.C9H11N3O2/c1-9-13-11(16-17(2)14(13)20)7-12(19)18(9)8-10-5-3-4-6-15-10;1-5-8-6(4-7(13)11(5)2)10-12(3)9(8)14/h3-7,16H,8H2,1-2H3;4,10H,1-3H3. The summed E-state index contributed by atoms with van der Waals surface area (Å²) in [6.07, 6.45) is 1.68. The maximum atomic E-state index is 12.2. The van der Waals surface area contributed by atoms with Crippen molar-refractivity contribution in [1.29, 1.82) is 0 Å². The largest absolute Gasteiger partial charge is 0.315 e. The van der Waals surface area contributed by atoms with Gasteiger partial charge in [-0.2, -0.15) is 0 Å². The summed E-state index contributed by atoms with van der Waals surface area (Å²) in [5.41, 5.74) is 2.79. The molecule has 5 rings (SSSR count). The van der Waals surface area contributed by atoms with Crippen LogP contribution in [-0.4, -0.2) is 33.7 Å². The summed E-state index contributed by atoms with van der Waals surface area (Å²) >= 11 is 0. The van der Waals surface area contributed by atoms with Gasteiger partial charge in [0.2, 0.25) is 0 Å². The molecular formula is C23H25N7O4. The van der Waals surface area contributed by atoms with Gasteiger partial charge in [-0.15, -0.1) is 0 Å². The first kappa shape index (κ1) is 22.8. The van der Waals surface area contributed by atoms with Crippen LogP contribution in [0.3, 0.4) is 0 Å². The first-order valence-electron chi connectivity index (χ1n) is 10.5. The van der Waals surface area contributed by atoms with Crippen molar-refractivity contribution in [2.24, 2.45) is 21.1 Å². The minimum atomic E-state index is -0.150. The maximum absolute atomic E-state index is 12.2. The van der Waals surface area contributed by atoms with Crippen molar-refractivity contribution in [1.82, 2.24) is 33.7 Å². The van der Waals surface area contributed by atoms with Gasteiger partial charge in [0.1, 0.15) is 0 Å². The molecule has 176 valence electrons. The topological polar surface area (TPSA) is 132 Å². The number of pyridine rings is 3. The number of aromatic nitrogens is 7. The molecule has 2 N–H and O–H groups in total. The van der Waals surface area contributed by atoms with Gasteiger partial charge in [-0.25, -0.2) is 0 Å². The van der Waals surface area contributed by atoms with Crippen molar-refractivity contribution < 1.29 is 0 Å². The molecule has 5 aromatic heterocycles. The lowest BCUT2D eigenvalue weighted by Crippen LogP contribution is -2.24. The molecule has 0 unspecified atom stereocenters. The Hall–Kier alpha value is -4.41. The zero-order valence-electron chi connectivity index (χ0n) is 19.5.